The Morgan fingerprint density at radius 1 is 1.09 bits per heavy atom. The SMILES string of the molecule is CC(COc1ccc(C(=O)O[C@H]2CCCN(C(=O)[C@H]3COC(=O)C3)C2)cc1)N(C(=O)c1nccs1)c1ccc(C2CC2)cc1. The monoisotopic (exact) mass is 617 g/mol. The molecule has 1 aromatic heterocycles. The average molecular weight is 618 g/mol. The van der Waals surface area contributed by atoms with Gasteiger partial charge in [-0.1, -0.05) is 12.1 Å². The van der Waals surface area contributed by atoms with Crippen LogP contribution in [0.2, 0.25) is 0 Å². The van der Waals surface area contributed by atoms with E-state index in [2.05, 4.69) is 17.1 Å². The molecule has 0 spiro atoms. The first-order valence-electron chi connectivity index (χ1n) is 15.1. The van der Waals surface area contributed by atoms with E-state index in [0.717, 1.165) is 5.69 Å². The Labute approximate surface area is 259 Å². The fourth-order valence-corrected chi connectivity index (χ4v) is 6.26. The van der Waals surface area contributed by atoms with Crippen molar-refractivity contribution < 1.29 is 33.4 Å². The largest absolute Gasteiger partial charge is 0.491 e. The summed E-state index contributed by atoms with van der Waals surface area (Å²) in [5.41, 5.74) is 2.46. The smallest absolute Gasteiger partial charge is 0.338 e. The predicted molar refractivity (Wildman–Crippen MR) is 163 cm³/mol. The van der Waals surface area contributed by atoms with Crippen molar-refractivity contribution in [1.29, 1.82) is 0 Å². The Bertz CT molecular complexity index is 1490. The minimum atomic E-state index is -0.474. The molecule has 6 rings (SSSR count). The van der Waals surface area contributed by atoms with Gasteiger partial charge in [-0.25, -0.2) is 9.78 Å². The summed E-state index contributed by atoms with van der Waals surface area (Å²) in [6, 6.07) is 14.6. The fraction of sp³-hybridized carbons (Fsp3) is 0.424. The zero-order valence-electron chi connectivity index (χ0n) is 24.6. The van der Waals surface area contributed by atoms with E-state index in [0.29, 0.717) is 48.2 Å². The molecule has 3 fully saturated rings. The van der Waals surface area contributed by atoms with E-state index >= 15 is 0 Å². The lowest BCUT2D eigenvalue weighted by molar-refractivity contribution is -0.139. The molecular formula is C33H35N3O7S. The molecule has 3 aliphatic rings. The van der Waals surface area contributed by atoms with Gasteiger partial charge in [0.2, 0.25) is 5.91 Å². The van der Waals surface area contributed by atoms with Crippen molar-refractivity contribution in [2.45, 2.75) is 57.1 Å². The Kier molecular flexibility index (Phi) is 8.92. The number of piperidine rings is 1. The third-order valence-corrected chi connectivity index (χ3v) is 9.01. The van der Waals surface area contributed by atoms with Crippen molar-refractivity contribution in [3.8, 4) is 5.75 Å². The number of cyclic esters (lactones) is 1. The van der Waals surface area contributed by atoms with Gasteiger partial charge in [0.15, 0.2) is 5.01 Å². The molecule has 0 radical (unpaired) electrons. The first-order valence-corrected chi connectivity index (χ1v) is 15.9. The summed E-state index contributed by atoms with van der Waals surface area (Å²) in [6.07, 6.45) is 5.09. The van der Waals surface area contributed by atoms with Gasteiger partial charge < -0.3 is 24.0 Å². The summed E-state index contributed by atoms with van der Waals surface area (Å²) in [5.74, 6) is -0.418. The van der Waals surface area contributed by atoms with Crippen molar-refractivity contribution in [3.63, 3.8) is 0 Å². The Hall–Kier alpha value is -4.25. The van der Waals surface area contributed by atoms with Crippen LogP contribution in [0.1, 0.15) is 70.7 Å². The lowest BCUT2D eigenvalue weighted by Crippen LogP contribution is -2.46. The van der Waals surface area contributed by atoms with Crippen LogP contribution < -0.4 is 9.64 Å². The summed E-state index contributed by atoms with van der Waals surface area (Å²) < 4.78 is 16.7. The zero-order valence-corrected chi connectivity index (χ0v) is 25.4. The maximum Gasteiger partial charge on any atom is 0.338 e. The number of amides is 2. The van der Waals surface area contributed by atoms with Gasteiger partial charge in [0.25, 0.3) is 5.91 Å². The summed E-state index contributed by atoms with van der Waals surface area (Å²) >= 11 is 1.30. The number of carbonyl (C=O) groups excluding carboxylic acids is 4. The van der Waals surface area contributed by atoms with Crippen LogP contribution in [-0.2, 0) is 19.1 Å². The number of ether oxygens (including phenoxy) is 3. The number of rotatable bonds is 10. The number of hydrogen-bond donors (Lipinski definition) is 0. The van der Waals surface area contributed by atoms with Crippen LogP contribution in [-0.4, -0.2) is 72.1 Å². The van der Waals surface area contributed by atoms with Crippen molar-refractivity contribution in [2.24, 2.45) is 5.92 Å². The number of anilines is 1. The van der Waals surface area contributed by atoms with Crippen molar-refractivity contribution >= 4 is 40.8 Å². The van der Waals surface area contributed by atoms with Crippen LogP contribution in [0.15, 0.2) is 60.1 Å². The molecule has 44 heavy (non-hydrogen) atoms. The molecule has 1 aliphatic carbocycles. The normalized spacial score (nSPS) is 20.5. The summed E-state index contributed by atoms with van der Waals surface area (Å²) in [6.45, 7) is 3.14. The van der Waals surface area contributed by atoms with E-state index in [1.165, 1.54) is 29.7 Å². The molecule has 11 heteroatoms. The average Bonchev–Trinajstić information content (AvgIpc) is 3.55. The third-order valence-electron chi connectivity index (χ3n) is 8.25. The Balaban J connectivity index is 1.04. The summed E-state index contributed by atoms with van der Waals surface area (Å²) in [5, 5.41) is 2.20. The highest BCUT2D eigenvalue weighted by Crippen LogP contribution is 2.40. The molecule has 3 aromatic rings. The minimum Gasteiger partial charge on any atom is -0.491 e. The number of carbonyl (C=O) groups is 4. The van der Waals surface area contributed by atoms with Gasteiger partial charge in [0.1, 0.15) is 25.1 Å². The zero-order chi connectivity index (χ0) is 30.6. The van der Waals surface area contributed by atoms with Gasteiger partial charge in [-0.3, -0.25) is 14.4 Å². The first-order chi connectivity index (χ1) is 21.4. The number of esters is 2. The van der Waals surface area contributed by atoms with Crippen LogP contribution >= 0.6 is 11.3 Å². The molecule has 1 unspecified atom stereocenters. The van der Waals surface area contributed by atoms with Crippen LogP contribution in [0.25, 0.3) is 0 Å². The summed E-state index contributed by atoms with van der Waals surface area (Å²) in [4.78, 5) is 58.1. The Morgan fingerprint density at radius 3 is 2.52 bits per heavy atom. The molecule has 10 nitrogen and oxygen atoms in total. The molecule has 0 N–H and O–H groups in total. The van der Waals surface area contributed by atoms with Crippen LogP contribution in [0.3, 0.4) is 0 Å². The number of hydrogen-bond acceptors (Lipinski definition) is 9. The van der Waals surface area contributed by atoms with E-state index in [4.69, 9.17) is 14.2 Å². The van der Waals surface area contributed by atoms with E-state index in [-0.39, 0.29) is 43.5 Å². The van der Waals surface area contributed by atoms with Gasteiger partial charge in [-0.05, 0) is 80.5 Å². The second-order valence-electron chi connectivity index (χ2n) is 11.6. The second-order valence-corrected chi connectivity index (χ2v) is 12.5. The van der Waals surface area contributed by atoms with E-state index in [1.54, 1.807) is 45.6 Å². The molecule has 2 saturated heterocycles. The molecule has 2 aromatic carbocycles. The van der Waals surface area contributed by atoms with Gasteiger partial charge in [0.05, 0.1) is 30.5 Å². The maximum atomic E-state index is 13.4. The highest BCUT2D eigenvalue weighted by molar-refractivity contribution is 7.11. The molecule has 0 bridgehead atoms. The Morgan fingerprint density at radius 2 is 1.86 bits per heavy atom. The maximum absolute atomic E-state index is 13.4. The van der Waals surface area contributed by atoms with Crippen molar-refractivity contribution in [2.75, 3.05) is 31.2 Å². The highest BCUT2D eigenvalue weighted by Gasteiger charge is 2.36. The van der Waals surface area contributed by atoms with E-state index in [1.807, 2.05) is 19.1 Å². The van der Waals surface area contributed by atoms with Crippen LogP contribution in [0.5, 0.6) is 5.75 Å². The van der Waals surface area contributed by atoms with Gasteiger partial charge >= 0.3 is 11.9 Å². The lowest BCUT2D eigenvalue weighted by Gasteiger charge is -2.33. The molecule has 2 amide bonds. The number of aromatic nitrogens is 1. The fourth-order valence-electron chi connectivity index (χ4n) is 5.69. The minimum absolute atomic E-state index is 0.0979. The highest BCUT2D eigenvalue weighted by atomic mass is 32.1. The second kappa shape index (κ2) is 13.2. The number of nitrogens with zero attached hydrogens (tertiary/aromatic N) is 3. The molecular weight excluding hydrogens is 582 g/mol. The van der Waals surface area contributed by atoms with Crippen molar-refractivity contribution in [1.82, 2.24) is 9.88 Å². The number of likely N-dealkylation sites (tertiary alicyclic amines) is 1. The lowest BCUT2D eigenvalue weighted by atomic mass is 10.0. The number of benzene rings is 2. The van der Waals surface area contributed by atoms with E-state index < -0.39 is 18.0 Å². The van der Waals surface area contributed by atoms with Gasteiger partial charge in [-0.2, -0.15) is 0 Å². The van der Waals surface area contributed by atoms with Crippen LogP contribution in [0.4, 0.5) is 5.69 Å². The van der Waals surface area contributed by atoms with Gasteiger partial charge in [-0.15, -0.1) is 11.3 Å². The quantitative estimate of drug-likeness (QED) is 0.297. The predicted octanol–water partition coefficient (Wildman–Crippen LogP) is 4.85. The van der Waals surface area contributed by atoms with E-state index in [9.17, 15) is 19.2 Å². The molecule has 3 atom stereocenters. The standard InChI is InChI=1S/C33H35N3O7S/c1-21(36(32(39)30-34-14-16-44-30)26-10-6-23(7-11-26)22-4-5-22)19-41-27-12-8-24(9-13-27)33(40)43-28-3-2-15-35(18-28)31(38)25-17-29(37)42-20-25/h6-14,16,21-22,25,28H,2-5,15,17-20H2,1H3/t21?,25-,28+/m1/s1. The summed E-state index contributed by atoms with van der Waals surface area (Å²) in [7, 11) is 0. The third kappa shape index (κ3) is 6.93. The van der Waals surface area contributed by atoms with Gasteiger partial charge in [0, 0.05) is 23.8 Å². The van der Waals surface area contributed by atoms with Crippen molar-refractivity contribution in [3.05, 3.63) is 76.2 Å². The molecule has 3 heterocycles. The van der Waals surface area contributed by atoms with Crippen LogP contribution in [0, 0.1) is 5.92 Å². The number of thiazole rings is 1. The first kappa shape index (κ1) is 29.8. The molecule has 1 saturated carbocycles. The molecule has 230 valence electrons. The topological polar surface area (TPSA) is 115 Å². The molecule has 2 aliphatic heterocycles.